The predicted octanol–water partition coefficient (Wildman–Crippen LogP) is -0.229. The monoisotopic (exact) mass is 161 g/mol. The van der Waals surface area contributed by atoms with Crippen LogP contribution in [0.5, 0.6) is 0 Å². The van der Waals surface area contributed by atoms with E-state index in [0.717, 1.165) is 0 Å². The van der Waals surface area contributed by atoms with Gasteiger partial charge in [-0.15, -0.1) is 0 Å². The molecule has 0 heterocycles. The van der Waals surface area contributed by atoms with E-state index >= 15 is 0 Å². The third kappa shape index (κ3) is 5.82. The number of methoxy groups -OCH3 is 1. The molecule has 0 aromatic carbocycles. The molecule has 0 aromatic rings. The smallest absolute Gasteiger partial charge is 0.222 e. The molecule has 66 valence electrons. The lowest BCUT2D eigenvalue weighted by atomic mass is 10.2. The summed E-state index contributed by atoms with van der Waals surface area (Å²) in [5.74, 6) is -0.547. The Kier molecular flexibility index (Phi) is 5.78. The molecule has 4 heteroatoms. The standard InChI is InChI=1S/C7H15NO3/c1-6(7(8)9)5-11-4-3-10-2/h6H,3-5H2,1-2H3,(H2,8,9). The molecule has 0 aliphatic carbocycles. The van der Waals surface area contributed by atoms with Gasteiger partial charge < -0.3 is 15.2 Å². The molecule has 0 saturated carbocycles. The Hall–Kier alpha value is -0.610. The summed E-state index contributed by atoms with van der Waals surface area (Å²) < 4.78 is 9.81. The highest BCUT2D eigenvalue weighted by Gasteiger charge is 2.07. The first kappa shape index (κ1) is 10.4. The van der Waals surface area contributed by atoms with Gasteiger partial charge in [0.1, 0.15) is 0 Å². The maximum atomic E-state index is 10.5. The van der Waals surface area contributed by atoms with Gasteiger partial charge in [0.25, 0.3) is 0 Å². The summed E-state index contributed by atoms with van der Waals surface area (Å²) >= 11 is 0. The number of rotatable bonds is 6. The van der Waals surface area contributed by atoms with Crippen molar-refractivity contribution in [3.63, 3.8) is 0 Å². The topological polar surface area (TPSA) is 61.6 Å². The van der Waals surface area contributed by atoms with E-state index in [2.05, 4.69) is 0 Å². The molecule has 2 N–H and O–H groups in total. The van der Waals surface area contributed by atoms with Crippen LogP contribution in [0.1, 0.15) is 6.92 Å². The van der Waals surface area contributed by atoms with Gasteiger partial charge >= 0.3 is 0 Å². The normalized spacial score (nSPS) is 12.9. The van der Waals surface area contributed by atoms with Crippen molar-refractivity contribution >= 4 is 5.91 Å². The van der Waals surface area contributed by atoms with Crippen molar-refractivity contribution in [2.24, 2.45) is 11.7 Å². The van der Waals surface area contributed by atoms with E-state index in [-0.39, 0.29) is 11.8 Å². The van der Waals surface area contributed by atoms with Crippen molar-refractivity contribution in [1.82, 2.24) is 0 Å². The molecule has 0 rings (SSSR count). The van der Waals surface area contributed by atoms with Gasteiger partial charge in [0.05, 0.1) is 25.7 Å². The molecule has 0 aliphatic heterocycles. The fourth-order valence-electron chi connectivity index (χ4n) is 0.485. The molecule has 0 fully saturated rings. The van der Waals surface area contributed by atoms with E-state index in [9.17, 15) is 4.79 Å². The van der Waals surface area contributed by atoms with E-state index in [1.165, 1.54) is 0 Å². The van der Waals surface area contributed by atoms with E-state index in [1.54, 1.807) is 14.0 Å². The molecule has 0 aromatic heterocycles. The summed E-state index contributed by atoms with van der Waals surface area (Å²) in [6, 6.07) is 0. The van der Waals surface area contributed by atoms with E-state index < -0.39 is 0 Å². The highest BCUT2D eigenvalue weighted by atomic mass is 16.5. The Morgan fingerprint density at radius 3 is 2.64 bits per heavy atom. The molecule has 0 radical (unpaired) electrons. The Morgan fingerprint density at radius 2 is 2.18 bits per heavy atom. The molecule has 0 bridgehead atoms. The fourth-order valence-corrected chi connectivity index (χ4v) is 0.485. The SMILES string of the molecule is COCCOCC(C)C(N)=O. The zero-order valence-corrected chi connectivity index (χ0v) is 7.00. The van der Waals surface area contributed by atoms with Crippen LogP contribution in [0.15, 0.2) is 0 Å². The van der Waals surface area contributed by atoms with Gasteiger partial charge in [-0.25, -0.2) is 0 Å². The van der Waals surface area contributed by atoms with Crippen molar-refractivity contribution < 1.29 is 14.3 Å². The third-order valence-electron chi connectivity index (χ3n) is 1.29. The fraction of sp³-hybridized carbons (Fsp3) is 0.857. The molecular formula is C7H15NO3. The first-order valence-corrected chi connectivity index (χ1v) is 3.54. The van der Waals surface area contributed by atoms with E-state index in [4.69, 9.17) is 15.2 Å². The van der Waals surface area contributed by atoms with Gasteiger partial charge in [-0.1, -0.05) is 6.92 Å². The summed E-state index contributed by atoms with van der Waals surface area (Å²) in [6.45, 7) is 3.16. The quantitative estimate of drug-likeness (QED) is 0.547. The Balaban J connectivity index is 3.17. The molecule has 11 heavy (non-hydrogen) atoms. The number of ether oxygens (including phenoxy) is 2. The van der Waals surface area contributed by atoms with E-state index in [0.29, 0.717) is 19.8 Å². The van der Waals surface area contributed by atoms with Crippen LogP contribution in [0, 0.1) is 5.92 Å². The largest absolute Gasteiger partial charge is 0.382 e. The number of nitrogens with two attached hydrogens (primary N) is 1. The molecule has 0 saturated heterocycles. The highest BCUT2D eigenvalue weighted by Crippen LogP contribution is 1.93. The number of hydrogen-bond donors (Lipinski definition) is 1. The van der Waals surface area contributed by atoms with Crippen LogP contribution in [0.4, 0.5) is 0 Å². The number of carbonyl (C=O) groups excluding carboxylic acids is 1. The second kappa shape index (κ2) is 6.12. The van der Waals surface area contributed by atoms with Crippen LogP contribution in [-0.4, -0.2) is 32.8 Å². The van der Waals surface area contributed by atoms with Gasteiger partial charge in [0.2, 0.25) is 5.91 Å². The lowest BCUT2D eigenvalue weighted by molar-refractivity contribution is -0.123. The van der Waals surface area contributed by atoms with Crippen LogP contribution >= 0.6 is 0 Å². The maximum Gasteiger partial charge on any atom is 0.222 e. The average molecular weight is 161 g/mol. The lowest BCUT2D eigenvalue weighted by Gasteiger charge is -2.07. The van der Waals surface area contributed by atoms with Crippen LogP contribution < -0.4 is 5.73 Å². The van der Waals surface area contributed by atoms with Crippen LogP contribution in [0.3, 0.4) is 0 Å². The van der Waals surface area contributed by atoms with Gasteiger partial charge in [0.15, 0.2) is 0 Å². The van der Waals surface area contributed by atoms with Gasteiger partial charge in [0, 0.05) is 7.11 Å². The molecule has 1 atom stereocenters. The Morgan fingerprint density at radius 1 is 1.55 bits per heavy atom. The highest BCUT2D eigenvalue weighted by molar-refractivity contribution is 5.76. The molecular weight excluding hydrogens is 146 g/mol. The summed E-state index contributed by atoms with van der Waals surface area (Å²) in [6.07, 6.45) is 0. The minimum atomic E-state index is -0.331. The van der Waals surface area contributed by atoms with Crippen LogP contribution in [-0.2, 0) is 14.3 Å². The van der Waals surface area contributed by atoms with Gasteiger partial charge in [-0.3, -0.25) is 4.79 Å². The number of amides is 1. The summed E-state index contributed by atoms with van der Waals surface area (Å²) in [5, 5.41) is 0. The van der Waals surface area contributed by atoms with Gasteiger partial charge in [-0.05, 0) is 0 Å². The second-order valence-electron chi connectivity index (χ2n) is 2.37. The first-order valence-electron chi connectivity index (χ1n) is 3.54. The molecule has 0 spiro atoms. The number of carbonyl (C=O) groups is 1. The van der Waals surface area contributed by atoms with E-state index in [1.807, 2.05) is 0 Å². The van der Waals surface area contributed by atoms with Crippen molar-refractivity contribution in [3.8, 4) is 0 Å². The maximum absolute atomic E-state index is 10.5. The lowest BCUT2D eigenvalue weighted by Crippen LogP contribution is -2.25. The van der Waals surface area contributed by atoms with Crippen molar-refractivity contribution in [2.75, 3.05) is 26.9 Å². The van der Waals surface area contributed by atoms with Crippen molar-refractivity contribution in [3.05, 3.63) is 0 Å². The number of hydrogen-bond acceptors (Lipinski definition) is 3. The Bertz CT molecular complexity index is 116. The minimum absolute atomic E-state index is 0.216. The molecule has 1 unspecified atom stereocenters. The molecule has 1 amide bonds. The van der Waals surface area contributed by atoms with Crippen LogP contribution in [0.2, 0.25) is 0 Å². The predicted molar refractivity (Wildman–Crippen MR) is 41.1 cm³/mol. The van der Waals surface area contributed by atoms with Gasteiger partial charge in [-0.2, -0.15) is 0 Å². The van der Waals surface area contributed by atoms with Crippen molar-refractivity contribution in [2.45, 2.75) is 6.92 Å². The summed E-state index contributed by atoms with van der Waals surface area (Å²) in [4.78, 5) is 10.5. The first-order chi connectivity index (χ1) is 5.18. The minimum Gasteiger partial charge on any atom is -0.382 e. The second-order valence-corrected chi connectivity index (χ2v) is 2.37. The molecule has 4 nitrogen and oxygen atoms in total. The van der Waals surface area contributed by atoms with Crippen LogP contribution in [0.25, 0.3) is 0 Å². The Labute approximate surface area is 66.7 Å². The zero-order chi connectivity index (χ0) is 8.69. The third-order valence-corrected chi connectivity index (χ3v) is 1.29. The average Bonchev–Trinajstić information content (AvgIpc) is 1.97. The summed E-state index contributed by atoms with van der Waals surface area (Å²) in [5.41, 5.74) is 5.00. The summed E-state index contributed by atoms with van der Waals surface area (Å²) in [7, 11) is 1.60. The van der Waals surface area contributed by atoms with Crippen molar-refractivity contribution in [1.29, 1.82) is 0 Å². The number of primary amides is 1. The molecule has 0 aliphatic rings. The zero-order valence-electron chi connectivity index (χ0n) is 7.00.